The molecule has 1 aromatic carbocycles. The molecule has 0 amide bonds. The largest absolute Gasteiger partial charge is 0.295 e. The van der Waals surface area contributed by atoms with E-state index in [1.165, 1.54) is 16.7 Å². The number of hydrogen-bond acceptors (Lipinski definition) is 1. The Morgan fingerprint density at radius 3 is 2.50 bits per heavy atom. The Labute approximate surface area is 84.5 Å². The Hall–Kier alpha value is -1.37. The van der Waals surface area contributed by atoms with Crippen LogP contribution in [0.2, 0.25) is 0 Å². The molecule has 2 rings (SSSR count). The van der Waals surface area contributed by atoms with Crippen molar-refractivity contribution < 1.29 is 4.79 Å². The van der Waals surface area contributed by atoms with Crippen molar-refractivity contribution in [3.05, 3.63) is 41.0 Å². The Bertz CT molecular complexity index is 413. The van der Waals surface area contributed by atoms with Crippen molar-refractivity contribution in [2.45, 2.75) is 26.7 Å². The van der Waals surface area contributed by atoms with E-state index in [0.29, 0.717) is 12.2 Å². The summed E-state index contributed by atoms with van der Waals surface area (Å²) in [6, 6.07) is 8.37. The van der Waals surface area contributed by atoms with Gasteiger partial charge in [0.25, 0.3) is 0 Å². The number of rotatable bonds is 1. The van der Waals surface area contributed by atoms with Crippen molar-refractivity contribution in [3.8, 4) is 0 Å². The smallest absolute Gasteiger partial charge is 0.159 e. The minimum atomic E-state index is 0.307. The van der Waals surface area contributed by atoms with Gasteiger partial charge in [-0.15, -0.1) is 0 Å². The van der Waals surface area contributed by atoms with Gasteiger partial charge in [-0.25, -0.2) is 0 Å². The molecule has 0 aromatic heterocycles. The summed E-state index contributed by atoms with van der Waals surface area (Å²) >= 11 is 0. The Balaban J connectivity index is 2.46. The lowest BCUT2D eigenvalue weighted by Gasteiger charge is -2.04. The molecule has 1 nitrogen and oxygen atoms in total. The molecule has 0 saturated heterocycles. The highest BCUT2D eigenvalue weighted by Crippen LogP contribution is 2.31. The molecule has 1 heteroatoms. The van der Waals surface area contributed by atoms with Crippen molar-refractivity contribution >= 4 is 11.4 Å². The first-order valence-electron chi connectivity index (χ1n) is 4.98. The number of carbonyl (C=O) groups excluding carboxylic acids is 1. The van der Waals surface area contributed by atoms with Crippen molar-refractivity contribution in [3.63, 3.8) is 0 Å². The van der Waals surface area contributed by atoms with E-state index < -0.39 is 0 Å². The highest BCUT2D eigenvalue weighted by atomic mass is 16.1. The molecule has 0 spiro atoms. The van der Waals surface area contributed by atoms with Gasteiger partial charge in [0.15, 0.2) is 5.78 Å². The number of hydrogen-bond donors (Lipinski definition) is 0. The molecule has 0 unspecified atom stereocenters. The molecule has 1 aromatic rings. The van der Waals surface area contributed by atoms with Gasteiger partial charge in [0.1, 0.15) is 0 Å². The molecule has 0 N–H and O–H groups in total. The zero-order chi connectivity index (χ0) is 10.1. The van der Waals surface area contributed by atoms with Crippen LogP contribution in [0.25, 0.3) is 5.57 Å². The van der Waals surface area contributed by atoms with E-state index in [1.807, 2.05) is 13.0 Å². The lowest BCUT2D eigenvalue weighted by atomic mass is 10.0. The quantitative estimate of drug-likeness (QED) is 0.658. The first-order valence-corrected chi connectivity index (χ1v) is 4.98. The van der Waals surface area contributed by atoms with Crippen LogP contribution in [-0.2, 0) is 4.79 Å². The van der Waals surface area contributed by atoms with Crippen molar-refractivity contribution in [1.82, 2.24) is 0 Å². The molecule has 0 bridgehead atoms. The van der Waals surface area contributed by atoms with Crippen LogP contribution < -0.4 is 0 Å². The van der Waals surface area contributed by atoms with Crippen LogP contribution in [0.4, 0.5) is 0 Å². The SMILES string of the molecule is CC1=C(c2cccc(C)c2)CCC1=O. The summed E-state index contributed by atoms with van der Waals surface area (Å²) in [5.41, 5.74) is 4.66. The minimum absolute atomic E-state index is 0.307. The van der Waals surface area contributed by atoms with E-state index in [1.54, 1.807) is 0 Å². The third-order valence-corrected chi connectivity index (χ3v) is 2.84. The molecule has 1 aliphatic carbocycles. The van der Waals surface area contributed by atoms with Gasteiger partial charge >= 0.3 is 0 Å². The summed E-state index contributed by atoms with van der Waals surface area (Å²) in [6.07, 6.45) is 1.60. The molecule has 14 heavy (non-hydrogen) atoms. The van der Waals surface area contributed by atoms with E-state index in [0.717, 1.165) is 12.0 Å². The second-order valence-electron chi connectivity index (χ2n) is 3.90. The standard InChI is InChI=1S/C13H14O/c1-9-4-3-5-11(8-9)12-6-7-13(14)10(12)2/h3-5,8H,6-7H2,1-2H3. The first-order chi connectivity index (χ1) is 6.68. The second-order valence-corrected chi connectivity index (χ2v) is 3.90. The molecular weight excluding hydrogens is 172 g/mol. The summed E-state index contributed by atoms with van der Waals surface area (Å²) in [7, 11) is 0. The topological polar surface area (TPSA) is 17.1 Å². The van der Waals surface area contributed by atoms with Gasteiger partial charge in [0.05, 0.1) is 0 Å². The maximum absolute atomic E-state index is 11.4. The van der Waals surface area contributed by atoms with Crippen molar-refractivity contribution in [2.24, 2.45) is 0 Å². The van der Waals surface area contributed by atoms with Crippen LogP contribution in [0.1, 0.15) is 30.9 Å². The van der Waals surface area contributed by atoms with Crippen LogP contribution in [0.3, 0.4) is 0 Å². The van der Waals surface area contributed by atoms with Crippen LogP contribution in [0.15, 0.2) is 29.8 Å². The van der Waals surface area contributed by atoms with Gasteiger partial charge in [0, 0.05) is 6.42 Å². The molecule has 0 atom stereocenters. The summed E-state index contributed by atoms with van der Waals surface area (Å²) in [4.78, 5) is 11.4. The minimum Gasteiger partial charge on any atom is -0.295 e. The van der Waals surface area contributed by atoms with Gasteiger partial charge in [0.2, 0.25) is 0 Å². The maximum atomic E-state index is 11.4. The highest BCUT2D eigenvalue weighted by molar-refractivity contribution is 6.06. The Morgan fingerprint density at radius 1 is 1.14 bits per heavy atom. The number of benzene rings is 1. The van der Waals surface area contributed by atoms with E-state index in [9.17, 15) is 4.79 Å². The van der Waals surface area contributed by atoms with Gasteiger partial charge in [-0.2, -0.15) is 0 Å². The fourth-order valence-corrected chi connectivity index (χ4v) is 1.98. The zero-order valence-electron chi connectivity index (χ0n) is 8.63. The summed E-state index contributed by atoms with van der Waals surface area (Å²) in [5, 5.41) is 0. The fourth-order valence-electron chi connectivity index (χ4n) is 1.98. The predicted molar refractivity (Wildman–Crippen MR) is 58.0 cm³/mol. The lowest BCUT2D eigenvalue weighted by Crippen LogP contribution is -1.90. The molecular formula is C13H14O. The van der Waals surface area contributed by atoms with Gasteiger partial charge in [-0.1, -0.05) is 29.8 Å². The van der Waals surface area contributed by atoms with Crippen molar-refractivity contribution in [2.75, 3.05) is 0 Å². The third-order valence-electron chi connectivity index (χ3n) is 2.84. The fraction of sp³-hybridized carbons (Fsp3) is 0.308. The monoisotopic (exact) mass is 186 g/mol. The number of allylic oxidation sites excluding steroid dienone is 2. The predicted octanol–water partition coefficient (Wildman–Crippen LogP) is 3.13. The Kier molecular flexibility index (Phi) is 2.24. The van der Waals surface area contributed by atoms with Gasteiger partial charge in [-0.05, 0) is 37.0 Å². The average Bonchev–Trinajstić information content (AvgIpc) is 2.48. The third kappa shape index (κ3) is 1.50. The van der Waals surface area contributed by atoms with Crippen LogP contribution in [-0.4, -0.2) is 5.78 Å². The summed E-state index contributed by atoms with van der Waals surface area (Å²) in [6.45, 7) is 4.02. The van der Waals surface area contributed by atoms with Crippen LogP contribution in [0, 0.1) is 6.92 Å². The molecule has 0 saturated carbocycles. The number of Topliss-reactive ketones (excluding diaryl/α,β-unsaturated/α-hetero) is 1. The van der Waals surface area contributed by atoms with E-state index >= 15 is 0 Å². The number of aryl methyl sites for hydroxylation is 1. The van der Waals surface area contributed by atoms with Gasteiger partial charge < -0.3 is 0 Å². The second kappa shape index (κ2) is 3.41. The molecule has 0 aliphatic heterocycles. The molecule has 72 valence electrons. The van der Waals surface area contributed by atoms with Crippen LogP contribution in [0.5, 0.6) is 0 Å². The molecule has 0 heterocycles. The first kappa shape index (κ1) is 9.20. The normalized spacial score (nSPS) is 16.6. The summed E-state index contributed by atoms with van der Waals surface area (Å²) in [5.74, 6) is 0.307. The zero-order valence-corrected chi connectivity index (χ0v) is 8.63. The van der Waals surface area contributed by atoms with E-state index in [2.05, 4.69) is 25.1 Å². The molecule has 0 fully saturated rings. The summed E-state index contributed by atoms with van der Waals surface area (Å²) < 4.78 is 0. The maximum Gasteiger partial charge on any atom is 0.159 e. The van der Waals surface area contributed by atoms with Gasteiger partial charge in [-0.3, -0.25) is 4.79 Å². The van der Waals surface area contributed by atoms with Crippen molar-refractivity contribution in [1.29, 1.82) is 0 Å². The molecule has 0 radical (unpaired) electrons. The Morgan fingerprint density at radius 2 is 1.93 bits per heavy atom. The lowest BCUT2D eigenvalue weighted by molar-refractivity contribution is -0.114. The van der Waals surface area contributed by atoms with Crippen LogP contribution >= 0.6 is 0 Å². The van der Waals surface area contributed by atoms with E-state index in [4.69, 9.17) is 0 Å². The van der Waals surface area contributed by atoms with E-state index in [-0.39, 0.29) is 0 Å². The average molecular weight is 186 g/mol. The number of carbonyl (C=O) groups is 1. The molecule has 1 aliphatic rings. The number of ketones is 1. The highest BCUT2D eigenvalue weighted by Gasteiger charge is 2.19.